The van der Waals surface area contributed by atoms with Gasteiger partial charge in [0.15, 0.2) is 17.3 Å². The molecule has 3 aromatic rings. The maximum Gasteiger partial charge on any atom is 0.412 e. The van der Waals surface area contributed by atoms with E-state index in [1.54, 1.807) is 19.1 Å². The van der Waals surface area contributed by atoms with Crippen LogP contribution in [0.1, 0.15) is 43.5 Å². The van der Waals surface area contributed by atoms with Crippen molar-refractivity contribution >= 4 is 11.6 Å². The van der Waals surface area contributed by atoms with Gasteiger partial charge in [0.05, 0.1) is 12.7 Å². The van der Waals surface area contributed by atoms with Crippen LogP contribution in [-0.2, 0) is 6.61 Å². The summed E-state index contributed by atoms with van der Waals surface area (Å²) >= 11 is 0. The molecule has 34 heavy (non-hydrogen) atoms. The normalized spacial score (nSPS) is 12.9. The van der Waals surface area contributed by atoms with E-state index >= 15 is 0 Å². The highest BCUT2D eigenvalue weighted by Crippen LogP contribution is 2.30. The molecule has 0 aliphatic rings. The van der Waals surface area contributed by atoms with Gasteiger partial charge < -0.3 is 25.3 Å². The topological polar surface area (TPSA) is 100 Å². The fourth-order valence-corrected chi connectivity index (χ4v) is 3.64. The Hall–Kier alpha value is -3.40. The van der Waals surface area contributed by atoms with Gasteiger partial charge in [0.2, 0.25) is 5.88 Å². The molecule has 2 aromatic heterocycles. The Morgan fingerprint density at radius 1 is 1.26 bits per heavy atom. The Balaban J connectivity index is 1.84. The van der Waals surface area contributed by atoms with Crippen molar-refractivity contribution in [1.82, 2.24) is 14.9 Å². The van der Waals surface area contributed by atoms with E-state index in [-0.39, 0.29) is 29.5 Å². The number of nitrogens with one attached hydrogen (secondary N) is 1. The van der Waals surface area contributed by atoms with E-state index in [9.17, 15) is 13.6 Å². The number of halogens is 2. The van der Waals surface area contributed by atoms with Crippen LogP contribution in [0.15, 0.2) is 24.3 Å². The number of rotatable bonds is 9. The number of methoxy groups -OCH3 is 1. The molecule has 0 radical (unpaired) electrons. The van der Waals surface area contributed by atoms with Gasteiger partial charge in [-0.25, -0.2) is 13.6 Å². The van der Waals surface area contributed by atoms with Crippen molar-refractivity contribution in [2.24, 2.45) is 5.73 Å². The summed E-state index contributed by atoms with van der Waals surface area (Å²) < 4.78 is 46.3. The van der Waals surface area contributed by atoms with Gasteiger partial charge in [-0.15, -0.1) is 0 Å². The molecule has 1 aromatic carbocycles. The number of aryl methyl sites for hydroxylation is 2. The molecule has 8 nitrogen and oxygen atoms in total. The van der Waals surface area contributed by atoms with Crippen molar-refractivity contribution in [3.8, 4) is 17.4 Å². The molecule has 0 spiro atoms. The van der Waals surface area contributed by atoms with Crippen LogP contribution in [0, 0.1) is 25.5 Å². The van der Waals surface area contributed by atoms with Gasteiger partial charge in [-0.1, -0.05) is 13.3 Å². The minimum absolute atomic E-state index is 0.0847. The van der Waals surface area contributed by atoms with Crippen LogP contribution >= 0.6 is 0 Å². The van der Waals surface area contributed by atoms with Crippen LogP contribution in [0.25, 0.3) is 5.52 Å². The number of hydrogen-bond donors (Lipinski definition) is 2. The van der Waals surface area contributed by atoms with Gasteiger partial charge in [0, 0.05) is 18.2 Å². The predicted octanol–water partition coefficient (Wildman–Crippen LogP) is 4.42. The minimum atomic E-state index is -0.835. The summed E-state index contributed by atoms with van der Waals surface area (Å²) in [5.74, 6) is -1.20. The number of nitrogens with zero attached hydrogens (tertiary/aromatic N) is 2. The zero-order valence-electron chi connectivity index (χ0n) is 20.0. The Morgan fingerprint density at radius 3 is 2.68 bits per heavy atom. The Bertz CT molecular complexity index is 1190. The number of carbonyl (C=O) groups is 1. The number of ether oxygens (including phenoxy) is 3. The molecule has 1 unspecified atom stereocenters. The van der Waals surface area contributed by atoms with Crippen molar-refractivity contribution in [3.63, 3.8) is 0 Å². The SMILES string of the molecule is CCCC(C)(N)CNC(=O)Oc1c(C)nn2c(OCc3c(F)ccc(OC)c3F)cc(C)cc12. The van der Waals surface area contributed by atoms with Gasteiger partial charge in [0.25, 0.3) is 0 Å². The van der Waals surface area contributed by atoms with E-state index < -0.39 is 29.9 Å². The maximum atomic E-state index is 14.5. The van der Waals surface area contributed by atoms with E-state index in [0.717, 1.165) is 24.5 Å². The third-order valence-corrected chi connectivity index (χ3v) is 5.35. The molecule has 1 atom stereocenters. The third-order valence-electron chi connectivity index (χ3n) is 5.35. The summed E-state index contributed by atoms with van der Waals surface area (Å²) in [6, 6.07) is 5.76. The second-order valence-corrected chi connectivity index (χ2v) is 8.56. The van der Waals surface area contributed by atoms with Crippen molar-refractivity contribution in [1.29, 1.82) is 0 Å². The standard InChI is InChI=1S/C24H30F2N4O4/c1-6-9-24(4,27)13-28-23(31)34-22-15(3)29-30-18(22)10-14(2)11-20(30)33-12-16-17(25)7-8-19(32-5)21(16)26/h7-8,10-11H,6,9,12-13,27H2,1-5H3,(H,28,31). The lowest BCUT2D eigenvalue weighted by molar-refractivity contribution is 0.197. The Labute approximate surface area is 197 Å². The van der Waals surface area contributed by atoms with Gasteiger partial charge in [-0.05, 0) is 51.0 Å². The first-order valence-corrected chi connectivity index (χ1v) is 10.9. The van der Waals surface area contributed by atoms with Crippen LogP contribution in [0.5, 0.6) is 17.4 Å². The van der Waals surface area contributed by atoms with Gasteiger partial charge in [-0.2, -0.15) is 9.61 Å². The molecule has 10 heteroatoms. The summed E-state index contributed by atoms with van der Waals surface area (Å²) in [5, 5.41) is 7.07. The first-order valence-electron chi connectivity index (χ1n) is 10.9. The van der Waals surface area contributed by atoms with Gasteiger partial charge in [0.1, 0.15) is 23.6 Å². The molecule has 0 aliphatic heterocycles. The fourth-order valence-electron chi connectivity index (χ4n) is 3.64. The number of hydrogen-bond acceptors (Lipinski definition) is 6. The zero-order valence-corrected chi connectivity index (χ0v) is 20.0. The highest BCUT2D eigenvalue weighted by Gasteiger charge is 2.22. The van der Waals surface area contributed by atoms with E-state index in [0.29, 0.717) is 11.2 Å². The van der Waals surface area contributed by atoms with Crippen molar-refractivity contribution < 1.29 is 27.8 Å². The summed E-state index contributed by atoms with van der Waals surface area (Å²) in [6.45, 7) is 7.23. The zero-order chi connectivity index (χ0) is 25.0. The molecule has 0 saturated heterocycles. The number of pyridine rings is 1. The first kappa shape index (κ1) is 25.2. The highest BCUT2D eigenvalue weighted by atomic mass is 19.1. The summed E-state index contributed by atoms with van der Waals surface area (Å²) in [4.78, 5) is 12.4. The van der Waals surface area contributed by atoms with Gasteiger partial charge >= 0.3 is 6.09 Å². The Kier molecular flexibility index (Phi) is 7.61. The molecule has 0 aliphatic carbocycles. The average Bonchev–Trinajstić information content (AvgIpc) is 3.07. The number of benzene rings is 1. The largest absolute Gasteiger partial charge is 0.494 e. The molecule has 0 saturated carbocycles. The average molecular weight is 477 g/mol. The predicted molar refractivity (Wildman–Crippen MR) is 123 cm³/mol. The minimum Gasteiger partial charge on any atom is -0.494 e. The highest BCUT2D eigenvalue weighted by molar-refractivity contribution is 5.76. The molecular weight excluding hydrogens is 446 g/mol. The maximum absolute atomic E-state index is 14.5. The molecule has 3 rings (SSSR count). The first-order chi connectivity index (χ1) is 16.1. The van der Waals surface area contributed by atoms with Crippen LogP contribution in [0.3, 0.4) is 0 Å². The molecule has 0 fully saturated rings. The fraction of sp³-hybridized carbons (Fsp3) is 0.417. The quantitative estimate of drug-likeness (QED) is 0.474. The summed E-state index contributed by atoms with van der Waals surface area (Å²) in [6.07, 6.45) is 0.982. The molecule has 3 N–H and O–H groups in total. The van der Waals surface area contributed by atoms with Gasteiger partial charge in [-0.3, -0.25) is 0 Å². The smallest absolute Gasteiger partial charge is 0.412 e. The number of carbonyl (C=O) groups excluding carboxylic acids is 1. The molecular formula is C24H30F2N4O4. The van der Waals surface area contributed by atoms with Crippen LogP contribution in [0.2, 0.25) is 0 Å². The molecule has 2 heterocycles. The van der Waals surface area contributed by atoms with E-state index in [4.69, 9.17) is 19.9 Å². The number of amides is 1. The van der Waals surface area contributed by atoms with Crippen molar-refractivity contribution in [3.05, 3.63) is 52.7 Å². The second kappa shape index (κ2) is 10.3. The lowest BCUT2D eigenvalue weighted by Gasteiger charge is -2.23. The van der Waals surface area contributed by atoms with Crippen LogP contribution < -0.4 is 25.3 Å². The van der Waals surface area contributed by atoms with E-state index in [1.807, 2.05) is 20.8 Å². The number of aromatic nitrogens is 2. The lowest BCUT2D eigenvalue weighted by Crippen LogP contribution is -2.48. The Morgan fingerprint density at radius 2 is 2.00 bits per heavy atom. The van der Waals surface area contributed by atoms with Crippen LogP contribution in [-0.4, -0.2) is 34.9 Å². The number of nitrogens with two attached hydrogens (primary N) is 1. The molecule has 0 bridgehead atoms. The summed E-state index contributed by atoms with van der Waals surface area (Å²) in [5.41, 5.74) is 7.03. The van der Waals surface area contributed by atoms with Crippen molar-refractivity contribution in [2.75, 3.05) is 13.7 Å². The summed E-state index contributed by atoms with van der Waals surface area (Å²) in [7, 11) is 1.30. The number of fused-ring (bicyclic) bond motifs is 1. The second-order valence-electron chi connectivity index (χ2n) is 8.56. The van der Waals surface area contributed by atoms with Crippen LogP contribution in [0.4, 0.5) is 13.6 Å². The van der Waals surface area contributed by atoms with E-state index in [1.165, 1.54) is 17.7 Å². The molecule has 1 amide bonds. The third kappa shape index (κ3) is 5.56. The lowest BCUT2D eigenvalue weighted by atomic mass is 9.98. The van der Waals surface area contributed by atoms with E-state index in [2.05, 4.69) is 10.4 Å². The monoisotopic (exact) mass is 476 g/mol. The van der Waals surface area contributed by atoms with Crippen molar-refractivity contribution in [2.45, 2.75) is 52.7 Å². The molecule has 184 valence electrons.